The van der Waals surface area contributed by atoms with Crippen LogP contribution in [-0.4, -0.2) is 51.0 Å². The Morgan fingerprint density at radius 2 is 1.79 bits per heavy atom. The van der Waals surface area contributed by atoms with Crippen LogP contribution in [0.25, 0.3) is 0 Å². The Morgan fingerprint density at radius 3 is 2.46 bits per heavy atom. The fourth-order valence-electron chi connectivity index (χ4n) is 2.78. The molecule has 2 aromatic rings. The lowest BCUT2D eigenvalue weighted by molar-refractivity contribution is -0.116. The minimum atomic E-state index is -3.61. The highest BCUT2D eigenvalue weighted by atomic mass is 79.9. The molecular weight excluding hydrogens is 446 g/mol. The number of morpholine rings is 1. The van der Waals surface area contributed by atoms with Crippen molar-refractivity contribution >= 4 is 43.2 Å². The van der Waals surface area contributed by atoms with E-state index in [9.17, 15) is 13.2 Å². The SMILES string of the molecule is C[C@H](Nc1ccc(Br)cc1)C(=O)Nc1cccc(S(=O)(=O)N2CCOCC2)c1. The van der Waals surface area contributed by atoms with Gasteiger partial charge in [-0.05, 0) is 49.4 Å². The van der Waals surface area contributed by atoms with Crippen LogP contribution in [-0.2, 0) is 19.6 Å². The molecule has 9 heteroatoms. The second-order valence-corrected chi connectivity index (χ2v) is 9.26. The third-order valence-corrected chi connectivity index (χ3v) is 6.75. The molecule has 0 radical (unpaired) electrons. The number of ether oxygens (including phenoxy) is 1. The van der Waals surface area contributed by atoms with Gasteiger partial charge in [-0.3, -0.25) is 4.79 Å². The molecule has 1 aliphatic heterocycles. The summed E-state index contributed by atoms with van der Waals surface area (Å²) in [4.78, 5) is 12.6. The van der Waals surface area contributed by atoms with E-state index in [1.54, 1.807) is 19.1 Å². The van der Waals surface area contributed by atoms with E-state index in [1.165, 1.54) is 16.4 Å². The second kappa shape index (κ2) is 9.04. The van der Waals surface area contributed by atoms with Gasteiger partial charge in [0.1, 0.15) is 6.04 Å². The zero-order valence-corrected chi connectivity index (χ0v) is 17.8. The quantitative estimate of drug-likeness (QED) is 0.681. The lowest BCUT2D eigenvalue weighted by Gasteiger charge is -2.26. The number of benzene rings is 2. The van der Waals surface area contributed by atoms with Gasteiger partial charge >= 0.3 is 0 Å². The molecule has 28 heavy (non-hydrogen) atoms. The lowest BCUT2D eigenvalue weighted by Crippen LogP contribution is -2.40. The number of rotatable bonds is 6. The molecule has 0 aromatic heterocycles. The van der Waals surface area contributed by atoms with Gasteiger partial charge in [0.15, 0.2) is 0 Å². The number of hydrogen-bond acceptors (Lipinski definition) is 5. The van der Waals surface area contributed by atoms with Crippen molar-refractivity contribution in [2.75, 3.05) is 36.9 Å². The molecule has 150 valence electrons. The first-order chi connectivity index (χ1) is 13.4. The maximum Gasteiger partial charge on any atom is 0.246 e. The molecular formula is C19H22BrN3O4S. The lowest BCUT2D eigenvalue weighted by atomic mass is 10.2. The maximum atomic E-state index is 12.8. The molecule has 1 fully saturated rings. The van der Waals surface area contributed by atoms with Gasteiger partial charge in [0, 0.05) is 28.9 Å². The molecule has 2 N–H and O–H groups in total. The van der Waals surface area contributed by atoms with Crippen LogP contribution in [0, 0.1) is 0 Å². The summed E-state index contributed by atoms with van der Waals surface area (Å²) in [5.41, 5.74) is 1.25. The average Bonchev–Trinajstić information content (AvgIpc) is 2.70. The van der Waals surface area contributed by atoms with Gasteiger partial charge in [0.2, 0.25) is 15.9 Å². The molecule has 1 heterocycles. The summed E-state index contributed by atoms with van der Waals surface area (Å²) >= 11 is 3.37. The fraction of sp³-hybridized carbons (Fsp3) is 0.316. The molecule has 0 spiro atoms. The number of halogens is 1. The number of nitrogens with zero attached hydrogens (tertiary/aromatic N) is 1. The number of sulfonamides is 1. The van der Waals surface area contributed by atoms with Crippen LogP contribution in [0.1, 0.15) is 6.92 Å². The van der Waals surface area contributed by atoms with Crippen molar-refractivity contribution in [1.82, 2.24) is 4.31 Å². The molecule has 1 atom stereocenters. The standard InChI is InChI=1S/C19H22BrN3O4S/c1-14(21-16-7-5-15(20)6-8-16)19(24)22-17-3-2-4-18(13-17)28(25,26)23-9-11-27-12-10-23/h2-8,13-14,21H,9-12H2,1H3,(H,22,24)/t14-/m0/s1. The van der Waals surface area contributed by atoms with Crippen molar-refractivity contribution in [3.63, 3.8) is 0 Å². The van der Waals surface area contributed by atoms with E-state index in [-0.39, 0.29) is 10.8 Å². The van der Waals surface area contributed by atoms with E-state index < -0.39 is 16.1 Å². The van der Waals surface area contributed by atoms with E-state index in [2.05, 4.69) is 26.6 Å². The third-order valence-electron chi connectivity index (χ3n) is 4.33. The monoisotopic (exact) mass is 467 g/mol. The van der Waals surface area contributed by atoms with E-state index >= 15 is 0 Å². The maximum absolute atomic E-state index is 12.8. The van der Waals surface area contributed by atoms with Crippen LogP contribution >= 0.6 is 15.9 Å². The number of carbonyl (C=O) groups is 1. The van der Waals surface area contributed by atoms with Gasteiger partial charge in [0.05, 0.1) is 18.1 Å². The molecule has 3 rings (SSSR count). The Labute approximate surface area is 173 Å². The summed E-state index contributed by atoms with van der Waals surface area (Å²) < 4.78 is 33.1. The number of carbonyl (C=O) groups excluding carboxylic acids is 1. The first-order valence-corrected chi connectivity index (χ1v) is 11.1. The van der Waals surface area contributed by atoms with E-state index in [0.717, 1.165) is 10.2 Å². The smallest absolute Gasteiger partial charge is 0.246 e. The molecule has 7 nitrogen and oxygen atoms in total. The predicted molar refractivity (Wildman–Crippen MR) is 112 cm³/mol. The van der Waals surface area contributed by atoms with Crippen molar-refractivity contribution < 1.29 is 17.9 Å². The summed E-state index contributed by atoms with van der Waals surface area (Å²) in [6.45, 7) is 3.16. The molecule has 0 bridgehead atoms. The first kappa shape index (κ1) is 20.8. The van der Waals surface area contributed by atoms with E-state index in [0.29, 0.717) is 32.0 Å². The zero-order valence-electron chi connectivity index (χ0n) is 15.4. The highest BCUT2D eigenvalue weighted by Crippen LogP contribution is 2.21. The highest BCUT2D eigenvalue weighted by molar-refractivity contribution is 9.10. The molecule has 0 saturated carbocycles. The molecule has 2 aromatic carbocycles. The van der Waals surface area contributed by atoms with E-state index in [4.69, 9.17) is 4.74 Å². The summed E-state index contributed by atoms with van der Waals surface area (Å²) in [5.74, 6) is -0.260. The largest absolute Gasteiger partial charge is 0.379 e. The fourth-order valence-corrected chi connectivity index (χ4v) is 4.50. The first-order valence-electron chi connectivity index (χ1n) is 8.87. The van der Waals surface area contributed by atoms with Crippen molar-refractivity contribution in [2.45, 2.75) is 17.9 Å². The third kappa shape index (κ3) is 5.11. The van der Waals surface area contributed by atoms with Gasteiger partial charge in [-0.1, -0.05) is 22.0 Å². The van der Waals surface area contributed by atoms with E-state index in [1.807, 2.05) is 24.3 Å². The average molecular weight is 468 g/mol. The van der Waals surface area contributed by atoms with Crippen molar-refractivity contribution in [3.05, 3.63) is 53.0 Å². The van der Waals surface area contributed by atoms with Crippen LogP contribution in [0.15, 0.2) is 57.9 Å². The molecule has 1 saturated heterocycles. The van der Waals surface area contributed by atoms with Crippen molar-refractivity contribution in [1.29, 1.82) is 0 Å². The molecule has 0 unspecified atom stereocenters. The van der Waals surface area contributed by atoms with Crippen molar-refractivity contribution in [2.24, 2.45) is 0 Å². The Bertz CT molecular complexity index is 928. The summed E-state index contributed by atoms with van der Waals surface area (Å²) in [7, 11) is -3.61. The number of anilines is 2. The minimum Gasteiger partial charge on any atom is -0.379 e. The number of hydrogen-bond donors (Lipinski definition) is 2. The summed E-state index contributed by atoms with van der Waals surface area (Å²) in [6, 6.07) is 13.3. The highest BCUT2D eigenvalue weighted by Gasteiger charge is 2.26. The Balaban J connectivity index is 1.68. The molecule has 1 aliphatic rings. The van der Waals surface area contributed by atoms with Gasteiger partial charge < -0.3 is 15.4 Å². The minimum absolute atomic E-state index is 0.153. The van der Waals surface area contributed by atoms with Crippen LogP contribution in [0.4, 0.5) is 11.4 Å². The number of amides is 1. The normalized spacial score (nSPS) is 16.4. The van der Waals surface area contributed by atoms with Gasteiger partial charge in [0.25, 0.3) is 0 Å². The summed E-state index contributed by atoms with van der Waals surface area (Å²) in [5, 5.41) is 5.88. The Kier molecular flexibility index (Phi) is 6.71. The van der Waals surface area contributed by atoms with Gasteiger partial charge in [-0.2, -0.15) is 4.31 Å². The Morgan fingerprint density at radius 1 is 1.11 bits per heavy atom. The Hall–Kier alpha value is -1.94. The van der Waals surface area contributed by atoms with Crippen LogP contribution in [0.5, 0.6) is 0 Å². The molecule has 0 aliphatic carbocycles. The zero-order chi connectivity index (χ0) is 20.1. The topological polar surface area (TPSA) is 87.7 Å². The summed E-state index contributed by atoms with van der Waals surface area (Å²) in [6.07, 6.45) is 0. The van der Waals surface area contributed by atoms with Crippen LogP contribution in [0.3, 0.4) is 0 Å². The van der Waals surface area contributed by atoms with Crippen molar-refractivity contribution in [3.8, 4) is 0 Å². The van der Waals surface area contributed by atoms with Gasteiger partial charge in [-0.25, -0.2) is 8.42 Å². The van der Waals surface area contributed by atoms with Gasteiger partial charge in [-0.15, -0.1) is 0 Å². The van der Waals surface area contributed by atoms with Crippen LogP contribution < -0.4 is 10.6 Å². The predicted octanol–water partition coefficient (Wildman–Crippen LogP) is 2.91. The second-order valence-electron chi connectivity index (χ2n) is 6.41. The number of nitrogens with one attached hydrogen (secondary N) is 2. The van der Waals surface area contributed by atoms with Crippen LogP contribution in [0.2, 0.25) is 0 Å². The molecule has 1 amide bonds.